The summed E-state index contributed by atoms with van der Waals surface area (Å²) in [6, 6.07) is -0.572. The fourth-order valence-corrected chi connectivity index (χ4v) is 4.73. The summed E-state index contributed by atoms with van der Waals surface area (Å²) in [5.74, 6) is 0.443. The Morgan fingerprint density at radius 3 is 2.43 bits per heavy atom. The first-order valence-corrected chi connectivity index (χ1v) is 8.35. The molecule has 1 heterocycles. The van der Waals surface area contributed by atoms with Gasteiger partial charge < -0.3 is 15.7 Å². The number of aliphatic carboxylic acids is 1. The molecule has 1 saturated heterocycles. The Balaban J connectivity index is 1.68. The Morgan fingerprint density at radius 1 is 1.10 bits per heavy atom. The predicted octanol–water partition coefficient (Wildman–Crippen LogP) is 1.46. The molecule has 3 fully saturated rings. The van der Waals surface area contributed by atoms with E-state index in [9.17, 15) is 14.7 Å². The van der Waals surface area contributed by atoms with E-state index in [1.807, 2.05) is 0 Å². The molecule has 0 bridgehead atoms. The number of rotatable bonds is 3. The molecule has 1 aliphatic heterocycles. The second-order valence-corrected chi connectivity index (χ2v) is 7.08. The van der Waals surface area contributed by atoms with Crippen LogP contribution >= 0.6 is 0 Å². The van der Waals surface area contributed by atoms with E-state index < -0.39 is 12.0 Å². The number of carboxylic acid groups (broad SMARTS) is 1. The number of carbonyl (C=O) groups excluding carboxylic acids is 1. The SMILES string of the molecule is NCC1CCC(C(=O)N2CC3CCCC3C2C(=O)O)CC1. The molecule has 3 unspecified atom stereocenters. The highest BCUT2D eigenvalue weighted by atomic mass is 16.4. The number of fused-ring (bicyclic) bond motifs is 1. The van der Waals surface area contributed by atoms with Crippen molar-refractivity contribution in [2.75, 3.05) is 13.1 Å². The Labute approximate surface area is 125 Å². The number of nitrogens with zero attached hydrogens (tertiary/aromatic N) is 1. The highest BCUT2D eigenvalue weighted by Crippen LogP contribution is 2.43. The normalized spacial score (nSPS) is 39.3. The average molecular weight is 294 g/mol. The summed E-state index contributed by atoms with van der Waals surface area (Å²) < 4.78 is 0. The van der Waals surface area contributed by atoms with Gasteiger partial charge in [-0.2, -0.15) is 0 Å². The standard InChI is InChI=1S/C16H26N2O3/c17-8-10-4-6-11(7-5-10)15(19)18-9-12-2-1-3-13(12)14(18)16(20)21/h10-14H,1-9,17H2,(H,20,21). The summed E-state index contributed by atoms with van der Waals surface area (Å²) in [5, 5.41) is 9.55. The van der Waals surface area contributed by atoms with Crippen molar-refractivity contribution in [2.24, 2.45) is 29.4 Å². The van der Waals surface area contributed by atoms with Crippen molar-refractivity contribution in [3.05, 3.63) is 0 Å². The summed E-state index contributed by atoms with van der Waals surface area (Å²) in [7, 11) is 0. The van der Waals surface area contributed by atoms with Crippen LogP contribution in [0.4, 0.5) is 0 Å². The smallest absolute Gasteiger partial charge is 0.326 e. The van der Waals surface area contributed by atoms with Crippen molar-refractivity contribution in [1.82, 2.24) is 4.90 Å². The van der Waals surface area contributed by atoms with Crippen molar-refractivity contribution >= 4 is 11.9 Å². The van der Waals surface area contributed by atoms with E-state index in [4.69, 9.17) is 5.73 Å². The molecular weight excluding hydrogens is 268 g/mol. The van der Waals surface area contributed by atoms with Gasteiger partial charge in [-0.1, -0.05) is 6.42 Å². The van der Waals surface area contributed by atoms with Crippen molar-refractivity contribution in [3.8, 4) is 0 Å². The van der Waals surface area contributed by atoms with Gasteiger partial charge in [0.1, 0.15) is 6.04 Å². The van der Waals surface area contributed by atoms with Crippen molar-refractivity contribution in [3.63, 3.8) is 0 Å². The van der Waals surface area contributed by atoms with Gasteiger partial charge in [-0.15, -0.1) is 0 Å². The maximum Gasteiger partial charge on any atom is 0.326 e. The molecule has 2 saturated carbocycles. The van der Waals surface area contributed by atoms with Crippen LogP contribution in [-0.2, 0) is 9.59 Å². The molecule has 3 aliphatic rings. The lowest BCUT2D eigenvalue weighted by Gasteiger charge is -2.32. The second kappa shape index (κ2) is 5.95. The summed E-state index contributed by atoms with van der Waals surface area (Å²) in [6.07, 6.45) is 6.92. The molecule has 2 aliphatic carbocycles. The van der Waals surface area contributed by atoms with Gasteiger partial charge in [-0.3, -0.25) is 4.79 Å². The topological polar surface area (TPSA) is 83.6 Å². The molecule has 0 spiro atoms. The van der Waals surface area contributed by atoms with Gasteiger partial charge in [0, 0.05) is 12.5 Å². The highest BCUT2D eigenvalue weighted by molar-refractivity contribution is 5.86. The minimum Gasteiger partial charge on any atom is -0.480 e. The van der Waals surface area contributed by atoms with E-state index >= 15 is 0 Å². The van der Waals surface area contributed by atoms with E-state index in [0.29, 0.717) is 24.9 Å². The van der Waals surface area contributed by atoms with Gasteiger partial charge >= 0.3 is 5.97 Å². The van der Waals surface area contributed by atoms with Crippen LogP contribution in [0.5, 0.6) is 0 Å². The predicted molar refractivity (Wildman–Crippen MR) is 78.5 cm³/mol. The fraction of sp³-hybridized carbons (Fsp3) is 0.875. The van der Waals surface area contributed by atoms with Gasteiger partial charge in [0.15, 0.2) is 0 Å². The van der Waals surface area contributed by atoms with E-state index in [-0.39, 0.29) is 17.7 Å². The molecule has 0 aromatic rings. The Morgan fingerprint density at radius 2 is 1.81 bits per heavy atom. The molecule has 21 heavy (non-hydrogen) atoms. The fourth-order valence-electron chi connectivity index (χ4n) is 4.73. The number of likely N-dealkylation sites (tertiary alicyclic amines) is 1. The minimum atomic E-state index is -0.812. The second-order valence-electron chi connectivity index (χ2n) is 7.08. The van der Waals surface area contributed by atoms with E-state index in [1.165, 1.54) is 0 Å². The summed E-state index contributed by atoms with van der Waals surface area (Å²) in [5.41, 5.74) is 5.70. The molecule has 0 aromatic carbocycles. The third-order valence-corrected chi connectivity index (χ3v) is 5.96. The van der Waals surface area contributed by atoms with Gasteiger partial charge in [0.05, 0.1) is 0 Å². The lowest BCUT2D eigenvalue weighted by atomic mass is 9.81. The van der Waals surface area contributed by atoms with Crippen molar-refractivity contribution in [2.45, 2.75) is 51.0 Å². The van der Waals surface area contributed by atoms with E-state index in [1.54, 1.807) is 4.90 Å². The van der Waals surface area contributed by atoms with Gasteiger partial charge in [0.25, 0.3) is 0 Å². The molecular formula is C16H26N2O3. The number of hydrogen-bond acceptors (Lipinski definition) is 3. The van der Waals surface area contributed by atoms with E-state index in [0.717, 1.165) is 44.9 Å². The molecule has 3 N–H and O–H groups in total. The summed E-state index contributed by atoms with van der Waals surface area (Å²) in [4.78, 5) is 26.1. The Bertz CT molecular complexity index is 418. The monoisotopic (exact) mass is 294 g/mol. The molecule has 0 aromatic heterocycles. The first kappa shape index (κ1) is 14.8. The highest BCUT2D eigenvalue weighted by Gasteiger charge is 2.50. The number of amides is 1. The van der Waals surface area contributed by atoms with Crippen LogP contribution in [0.2, 0.25) is 0 Å². The number of hydrogen-bond donors (Lipinski definition) is 2. The molecule has 0 radical (unpaired) electrons. The number of carbonyl (C=O) groups is 2. The number of nitrogens with two attached hydrogens (primary N) is 1. The minimum absolute atomic E-state index is 0.0217. The largest absolute Gasteiger partial charge is 0.480 e. The Kier molecular flexibility index (Phi) is 4.20. The maximum absolute atomic E-state index is 12.8. The van der Waals surface area contributed by atoms with Crippen LogP contribution in [-0.4, -0.2) is 41.0 Å². The van der Waals surface area contributed by atoms with Gasteiger partial charge in [0.2, 0.25) is 5.91 Å². The van der Waals surface area contributed by atoms with Crippen LogP contribution in [0.1, 0.15) is 44.9 Å². The maximum atomic E-state index is 12.8. The molecule has 118 valence electrons. The van der Waals surface area contributed by atoms with Crippen LogP contribution in [0.15, 0.2) is 0 Å². The van der Waals surface area contributed by atoms with E-state index in [2.05, 4.69) is 0 Å². The molecule has 3 rings (SSSR count). The van der Waals surface area contributed by atoms with Crippen molar-refractivity contribution < 1.29 is 14.7 Å². The van der Waals surface area contributed by atoms with Crippen LogP contribution in [0.3, 0.4) is 0 Å². The molecule has 5 heteroatoms. The molecule has 5 nitrogen and oxygen atoms in total. The summed E-state index contributed by atoms with van der Waals surface area (Å²) in [6.45, 7) is 1.36. The lowest BCUT2D eigenvalue weighted by molar-refractivity contribution is -0.151. The first-order chi connectivity index (χ1) is 10.1. The summed E-state index contributed by atoms with van der Waals surface area (Å²) >= 11 is 0. The zero-order valence-electron chi connectivity index (χ0n) is 12.5. The van der Waals surface area contributed by atoms with Gasteiger partial charge in [-0.05, 0) is 62.8 Å². The quantitative estimate of drug-likeness (QED) is 0.825. The Hall–Kier alpha value is -1.10. The first-order valence-electron chi connectivity index (χ1n) is 8.35. The molecule has 1 amide bonds. The molecule has 3 atom stereocenters. The van der Waals surface area contributed by atoms with Crippen LogP contribution in [0, 0.1) is 23.7 Å². The number of carboxylic acids is 1. The average Bonchev–Trinajstić information content (AvgIpc) is 3.06. The van der Waals surface area contributed by atoms with Crippen LogP contribution in [0.25, 0.3) is 0 Å². The zero-order chi connectivity index (χ0) is 15.0. The lowest BCUT2D eigenvalue weighted by Crippen LogP contribution is -2.46. The third-order valence-electron chi connectivity index (χ3n) is 5.96. The zero-order valence-corrected chi connectivity index (χ0v) is 12.5. The van der Waals surface area contributed by atoms with Crippen LogP contribution < -0.4 is 5.73 Å². The third kappa shape index (κ3) is 2.68. The van der Waals surface area contributed by atoms with Crippen molar-refractivity contribution in [1.29, 1.82) is 0 Å². The van der Waals surface area contributed by atoms with Gasteiger partial charge in [-0.25, -0.2) is 4.79 Å².